The smallest absolute Gasteiger partial charge is 0.376 e. The highest BCUT2D eigenvalue weighted by Gasteiger charge is 2.52. The highest BCUT2D eigenvalue weighted by Crippen LogP contribution is 2.51. The first kappa shape index (κ1) is 39.3. The largest absolute Gasteiger partial charge is 0.534 e. The maximum absolute atomic E-state index is 12.6. The molecule has 3 heterocycles. The molecule has 0 spiro atoms. The van der Waals surface area contributed by atoms with Gasteiger partial charge in [-0.15, -0.1) is 5.06 Å². The molecule has 0 radical (unpaired) electrons. The van der Waals surface area contributed by atoms with Crippen LogP contribution in [-0.4, -0.2) is 84.8 Å². The number of nitrogens with zero attached hydrogens (tertiary/aromatic N) is 3. The molecule has 14 heteroatoms. The summed E-state index contributed by atoms with van der Waals surface area (Å²) in [5.41, 5.74) is -0.664. The first-order chi connectivity index (χ1) is 26.4. The molecule has 6 atom stereocenters. The normalized spacial score (nSPS) is 31.6. The molecule has 0 aromatic heterocycles. The molecule has 5 fully saturated rings. The van der Waals surface area contributed by atoms with Crippen LogP contribution in [0.5, 0.6) is 5.75 Å². The number of piperidine rings is 2. The minimum Gasteiger partial charge on any atom is -0.376 e. The first-order valence-corrected chi connectivity index (χ1v) is 21.6. The summed E-state index contributed by atoms with van der Waals surface area (Å²) < 4.78 is 65.0. The molecule has 0 N–H and O–H groups in total. The van der Waals surface area contributed by atoms with Gasteiger partial charge in [-0.2, -0.15) is 21.6 Å². The molecular weight excluding hydrogens is 748 g/mol. The van der Waals surface area contributed by atoms with Crippen LogP contribution in [0.4, 0.5) is 13.2 Å². The molecule has 3 aliphatic heterocycles. The van der Waals surface area contributed by atoms with Gasteiger partial charge in [0, 0.05) is 38.0 Å². The van der Waals surface area contributed by atoms with Crippen molar-refractivity contribution in [1.29, 1.82) is 0 Å². The molecule has 10 nitrogen and oxygen atoms in total. The SMILES string of the molecule is C[C@H]1C2Cc3ccc(C(=O)ON4C(=O)CCC4=O)cc3[C@@]1(C)CCN2CC1CC1.C[C@H]1C2Cc3ccc(OS(=O)(=O)C(F)(F)F)cc3[C@@]1(C)CCN2CC1CC1. The van der Waals surface area contributed by atoms with Gasteiger partial charge >= 0.3 is 21.6 Å². The Morgan fingerprint density at radius 3 is 1.75 bits per heavy atom. The summed E-state index contributed by atoms with van der Waals surface area (Å²) in [5, 5.41) is 0.624. The van der Waals surface area contributed by atoms with Crippen LogP contribution in [0.25, 0.3) is 0 Å². The molecule has 2 aromatic carbocycles. The molecule has 2 unspecified atom stereocenters. The molecule has 3 saturated heterocycles. The van der Waals surface area contributed by atoms with Gasteiger partial charge in [0.1, 0.15) is 5.75 Å². The van der Waals surface area contributed by atoms with Crippen molar-refractivity contribution in [3.05, 3.63) is 64.2 Å². The molecule has 2 aromatic rings. The van der Waals surface area contributed by atoms with Crippen LogP contribution in [0.3, 0.4) is 0 Å². The molecule has 304 valence electrons. The van der Waals surface area contributed by atoms with Crippen LogP contribution < -0.4 is 4.18 Å². The van der Waals surface area contributed by atoms with Crippen molar-refractivity contribution in [1.82, 2.24) is 14.9 Å². The van der Waals surface area contributed by atoms with Gasteiger partial charge in [0.25, 0.3) is 11.8 Å². The summed E-state index contributed by atoms with van der Waals surface area (Å²) >= 11 is 0. The van der Waals surface area contributed by atoms with Gasteiger partial charge < -0.3 is 9.02 Å². The standard InChI is InChI=1S/C23H28N2O4.C19H24F3NO3S/c1-14-19-12-16-5-6-17(22(28)29-25-20(26)7-8-21(25)27)11-18(16)23(14,2)9-10-24(19)13-15-3-4-15;1-12-17-9-14-5-6-15(26-27(24,25)19(20,21)22)10-16(14)18(12,2)7-8-23(17)11-13-3-4-13/h5-6,11,14-15,19H,3-4,7-10,12-13H2,1-2H3;5-6,10,12-13,17H,3-4,7-9,11H2,1-2H3/t14-,19?,23-;12-,17?,18-/m00/s1. The van der Waals surface area contributed by atoms with Gasteiger partial charge in [0.15, 0.2) is 0 Å². The second-order valence-corrected chi connectivity index (χ2v) is 19.5. The lowest BCUT2D eigenvalue weighted by atomic mass is 9.59. The number of rotatable bonds is 8. The summed E-state index contributed by atoms with van der Waals surface area (Å²) in [6, 6.07) is 11.3. The van der Waals surface area contributed by atoms with E-state index in [2.05, 4.69) is 41.7 Å². The van der Waals surface area contributed by atoms with Gasteiger partial charge in [0.2, 0.25) is 0 Å². The van der Waals surface area contributed by atoms with Crippen LogP contribution in [0.2, 0.25) is 0 Å². The van der Waals surface area contributed by atoms with Gasteiger partial charge in [0.05, 0.1) is 5.56 Å². The number of halogens is 3. The van der Waals surface area contributed by atoms with Crippen molar-refractivity contribution in [3.8, 4) is 5.75 Å². The lowest BCUT2D eigenvalue weighted by molar-refractivity contribution is -0.172. The summed E-state index contributed by atoms with van der Waals surface area (Å²) in [5.74, 6) is 0.745. The molecule has 4 bridgehead atoms. The number of alkyl halides is 3. The zero-order valence-corrected chi connectivity index (χ0v) is 33.4. The molecule has 56 heavy (non-hydrogen) atoms. The minimum absolute atomic E-state index is 0.0217. The second-order valence-electron chi connectivity index (χ2n) is 18.0. The zero-order chi connectivity index (χ0) is 39.9. The van der Waals surface area contributed by atoms with E-state index in [0.717, 1.165) is 68.3 Å². The lowest BCUT2D eigenvalue weighted by Gasteiger charge is -2.55. The van der Waals surface area contributed by atoms with Crippen molar-refractivity contribution in [2.75, 3.05) is 26.2 Å². The topological polar surface area (TPSA) is 114 Å². The molecule has 4 aliphatic carbocycles. The summed E-state index contributed by atoms with van der Waals surface area (Å²) in [6.45, 7) is 13.4. The van der Waals surface area contributed by atoms with Gasteiger partial charge in [-0.1, -0.05) is 39.8 Å². The van der Waals surface area contributed by atoms with Crippen molar-refractivity contribution in [2.24, 2.45) is 23.7 Å². The van der Waals surface area contributed by atoms with E-state index in [1.54, 1.807) is 12.1 Å². The fourth-order valence-corrected chi connectivity index (χ4v) is 10.7. The number of imide groups is 1. The Kier molecular flexibility index (Phi) is 9.91. The summed E-state index contributed by atoms with van der Waals surface area (Å²) in [6.07, 6.45) is 9.39. The Balaban J connectivity index is 0.000000158. The van der Waals surface area contributed by atoms with E-state index in [1.165, 1.54) is 55.5 Å². The third-order valence-corrected chi connectivity index (χ3v) is 15.5. The number of hydroxylamine groups is 2. The third kappa shape index (κ3) is 7.16. The first-order valence-electron chi connectivity index (χ1n) is 20.2. The maximum Gasteiger partial charge on any atom is 0.534 e. The fourth-order valence-electron chi connectivity index (χ4n) is 10.3. The second kappa shape index (κ2) is 14.1. The number of hydrogen-bond acceptors (Lipinski definition) is 9. The maximum atomic E-state index is 12.6. The van der Waals surface area contributed by atoms with E-state index >= 15 is 0 Å². The number of carbonyl (C=O) groups excluding carboxylic acids is 3. The van der Waals surface area contributed by atoms with E-state index in [1.807, 2.05) is 12.1 Å². The molecular formula is C42H52F3N3O7S. The number of amides is 2. The number of likely N-dealkylation sites (tertiary alicyclic amines) is 2. The van der Waals surface area contributed by atoms with E-state index < -0.39 is 33.4 Å². The highest BCUT2D eigenvalue weighted by atomic mass is 32.2. The van der Waals surface area contributed by atoms with Crippen LogP contribution in [0, 0.1) is 23.7 Å². The quantitative estimate of drug-likeness (QED) is 0.164. The highest BCUT2D eigenvalue weighted by molar-refractivity contribution is 7.88. The predicted octanol–water partition coefficient (Wildman–Crippen LogP) is 6.69. The van der Waals surface area contributed by atoms with Crippen molar-refractivity contribution < 1.29 is 45.0 Å². The van der Waals surface area contributed by atoms with Crippen LogP contribution in [-0.2, 0) is 48.2 Å². The summed E-state index contributed by atoms with van der Waals surface area (Å²) in [4.78, 5) is 46.6. The van der Waals surface area contributed by atoms with E-state index in [4.69, 9.17) is 4.84 Å². The Morgan fingerprint density at radius 1 is 0.786 bits per heavy atom. The van der Waals surface area contributed by atoms with E-state index in [-0.39, 0.29) is 29.4 Å². The average molecular weight is 800 g/mol. The van der Waals surface area contributed by atoms with Crippen molar-refractivity contribution >= 4 is 27.9 Å². The average Bonchev–Trinajstić information content (AvgIpc) is 4.08. The predicted molar refractivity (Wildman–Crippen MR) is 201 cm³/mol. The van der Waals surface area contributed by atoms with Gasteiger partial charge in [-0.05, 0) is 145 Å². The van der Waals surface area contributed by atoms with Crippen LogP contribution in [0.15, 0.2) is 36.4 Å². The summed E-state index contributed by atoms with van der Waals surface area (Å²) in [7, 11) is -5.66. The Bertz CT molecular complexity index is 2020. The van der Waals surface area contributed by atoms with Crippen LogP contribution >= 0.6 is 0 Å². The van der Waals surface area contributed by atoms with Crippen LogP contribution in [0.1, 0.15) is 112 Å². The number of hydrogen-bond donors (Lipinski definition) is 0. The monoisotopic (exact) mass is 799 g/mol. The molecule has 7 aliphatic rings. The third-order valence-electron chi connectivity index (χ3n) is 14.5. The Labute approximate surface area is 327 Å². The fraction of sp³-hybridized carbons (Fsp3) is 0.643. The van der Waals surface area contributed by atoms with Crippen molar-refractivity contribution in [3.63, 3.8) is 0 Å². The Hall–Kier alpha value is -3.49. The molecule has 9 rings (SSSR count). The molecule has 2 saturated carbocycles. The number of benzene rings is 2. The van der Waals surface area contributed by atoms with E-state index in [0.29, 0.717) is 34.5 Å². The minimum atomic E-state index is -5.66. The van der Waals surface area contributed by atoms with Gasteiger partial charge in [-0.3, -0.25) is 19.4 Å². The van der Waals surface area contributed by atoms with Gasteiger partial charge in [-0.25, -0.2) is 4.79 Å². The zero-order valence-electron chi connectivity index (χ0n) is 32.6. The number of fused-ring (bicyclic) bond motifs is 8. The Morgan fingerprint density at radius 2 is 1.27 bits per heavy atom. The number of carbonyl (C=O) groups is 3. The van der Waals surface area contributed by atoms with E-state index in [9.17, 15) is 36.0 Å². The van der Waals surface area contributed by atoms with Crippen molar-refractivity contribution in [2.45, 2.75) is 120 Å². The lowest BCUT2D eigenvalue weighted by Crippen LogP contribution is -2.58. The molecule has 2 amide bonds.